The molecule has 5 nitrogen and oxygen atoms in total. The molecule has 2 rings (SSSR count). The minimum Gasteiger partial charge on any atom is -0.310 e. The third kappa shape index (κ3) is 3.64. The molecule has 0 amide bonds. The fourth-order valence-corrected chi connectivity index (χ4v) is 3.26. The minimum atomic E-state index is 0.243. The van der Waals surface area contributed by atoms with Crippen molar-refractivity contribution in [3.05, 3.63) is 12.2 Å². The summed E-state index contributed by atoms with van der Waals surface area (Å²) < 4.78 is 2.05. The van der Waals surface area contributed by atoms with Gasteiger partial charge in [0.25, 0.3) is 0 Å². The molecule has 2 heterocycles. The Kier molecular flexibility index (Phi) is 5.38. The van der Waals surface area contributed by atoms with Gasteiger partial charge in [0.1, 0.15) is 12.2 Å². The van der Waals surface area contributed by atoms with E-state index in [1.807, 2.05) is 4.68 Å². The van der Waals surface area contributed by atoms with Crippen molar-refractivity contribution in [3.8, 4) is 0 Å². The van der Waals surface area contributed by atoms with Gasteiger partial charge in [-0.3, -0.25) is 4.90 Å². The second-order valence-electron chi connectivity index (χ2n) is 6.67. The van der Waals surface area contributed by atoms with Crippen LogP contribution in [0, 0.1) is 0 Å². The third-order valence-corrected chi connectivity index (χ3v) is 5.03. The van der Waals surface area contributed by atoms with E-state index in [0.29, 0.717) is 12.1 Å². The smallest absolute Gasteiger partial charge is 0.141 e. The summed E-state index contributed by atoms with van der Waals surface area (Å²) in [7, 11) is 0. The van der Waals surface area contributed by atoms with Gasteiger partial charge in [0.05, 0.1) is 6.54 Å². The lowest BCUT2D eigenvalue weighted by Gasteiger charge is -2.37. The maximum Gasteiger partial charge on any atom is 0.141 e. The van der Waals surface area contributed by atoms with Crippen LogP contribution in [0.25, 0.3) is 0 Å². The molecule has 21 heavy (non-hydrogen) atoms. The van der Waals surface area contributed by atoms with E-state index in [4.69, 9.17) is 0 Å². The van der Waals surface area contributed by atoms with Crippen LogP contribution in [0.5, 0.6) is 0 Å². The first-order chi connectivity index (χ1) is 10.0. The van der Waals surface area contributed by atoms with Crippen molar-refractivity contribution in [1.29, 1.82) is 0 Å². The molecule has 0 aromatic carbocycles. The Morgan fingerprint density at radius 1 is 1.38 bits per heavy atom. The lowest BCUT2D eigenvalue weighted by atomic mass is 9.92. The fraction of sp³-hybridized carbons (Fsp3) is 0.875. The normalized spacial score (nSPS) is 23.4. The monoisotopic (exact) mass is 293 g/mol. The van der Waals surface area contributed by atoms with Crippen LogP contribution in [-0.2, 0) is 6.54 Å². The van der Waals surface area contributed by atoms with Crippen LogP contribution in [0.15, 0.2) is 6.33 Å². The average molecular weight is 293 g/mol. The van der Waals surface area contributed by atoms with Crippen molar-refractivity contribution in [2.24, 2.45) is 0 Å². The molecule has 1 fully saturated rings. The van der Waals surface area contributed by atoms with E-state index in [0.717, 1.165) is 25.5 Å². The van der Waals surface area contributed by atoms with Crippen LogP contribution in [0.4, 0.5) is 0 Å². The number of hydrogen-bond acceptors (Lipinski definition) is 4. The number of rotatable bonds is 5. The highest BCUT2D eigenvalue weighted by atomic mass is 15.4. The summed E-state index contributed by atoms with van der Waals surface area (Å²) in [5.74, 6) is 1.08. The number of aromatic nitrogens is 3. The highest BCUT2D eigenvalue weighted by Gasteiger charge is 2.33. The van der Waals surface area contributed by atoms with E-state index >= 15 is 0 Å². The molecule has 1 unspecified atom stereocenters. The topological polar surface area (TPSA) is 46.0 Å². The van der Waals surface area contributed by atoms with Gasteiger partial charge in [-0.25, -0.2) is 9.67 Å². The highest BCUT2D eigenvalue weighted by Crippen LogP contribution is 2.24. The summed E-state index contributed by atoms with van der Waals surface area (Å²) >= 11 is 0. The summed E-state index contributed by atoms with van der Waals surface area (Å²) in [5, 5.41) is 8.16. The fourth-order valence-electron chi connectivity index (χ4n) is 3.26. The summed E-state index contributed by atoms with van der Waals surface area (Å²) in [4.78, 5) is 7.07. The van der Waals surface area contributed by atoms with Gasteiger partial charge in [0.15, 0.2) is 0 Å². The molecule has 1 aromatic heterocycles. The van der Waals surface area contributed by atoms with Gasteiger partial charge >= 0.3 is 0 Å². The highest BCUT2D eigenvalue weighted by molar-refractivity contribution is 4.96. The van der Waals surface area contributed by atoms with Crippen molar-refractivity contribution in [3.63, 3.8) is 0 Å². The van der Waals surface area contributed by atoms with Gasteiger partial charge in [-0.15, -0.1) is 0 Å². The molecule has 0 saturated carbocycles. The molecule has 5 heteroatoms. The molecule has 1 N–H and O–H groups in total. The second-order valence-corrected chi connectivity index (χ2v) is 6.67. The minimum absolute atomic E-state index is 0.243. The van der Waals surface area contributed by atoms with Gasteiger partial charge in [-0.2, -0.15) is 5.10 Å². The van der Waals surface area contributed by atoms with E-state index in [1.165, 1.54) is 19.3 Å². The quantitative estimate of drug-likeness (QED) is 0.906. The van der Waals surface area contributed by atoms with Gasteiger partial charge in [-0.05, 0) is 46.6 Å². The molecule has 1 aliphatic rings. The lowest BCUT2D eigenvalue weighted by Crippen LogP contribution is -2.51. The molecule has 1 aromatic rings. The Labute approximate surface area is 129 Å². The number of nitrogens with one attached hydrogen (secondary N) is 1. The molecule has 120 valence electrons. The summed E-state index contributed by atoms with van der Waals surface area (Å²) in [6.45, 7) is 14.3. The molecule has 0 spiro atoms. The van der Waals surface area contributed by atoms with Gasteiger partial charge in [-0.1, -0.05) is 13.8 Å². The van der Waals surface area contributed by atoms with Crippen LogP contribution in [0.3, 0.4) is 0 Å². The predicted octanol–water partition coefficient (Wildman–Crippen LogP) is 2.60. The van der Waals surface area contributed by atoms with Crippen LogP contribution >= 0.6 is 0 Å². The Bertz CT molecular complexity index is 436. The largest absolute Gasteiger partial charge is 0.310 e. The standard InChI is InChI=1S/C16H31N5/c1-6-16(7-2)11-20(14(5)8-9-18-16)10-15-17-12-19-21(15)13(3)4/h12-14,18H,6-11H2,1-5H3. The molecular weight excluding hydrogens is 262 g/mol. The van der Waals surface area contributed by atoms with Crippen molar-refractivity contribution in [1.82, 2.24) is 25.0 Å². The zero-order valence-corrected chi connectivity index (χ0v) is 14.3. The second kappa shape index (κ2) is 6.88. The van der Waals surface area contributed by atoms with Crippen LogP contribution in [-0.4, -0.2) is 44.3 Å². The van der Waals surface area contributed by atoms with Crippen LogP contribution in [0.1, 0.15) is 65.7 Å². The molecule has 0 radical (unpaired) electrons. The summed E-state index contributed by atoms with van der Waals surface area (Å²) in [6.07, 6.45) is 5.22. The number of hydrogen-bond donors (Lipinski definition) is 1. The SMILES string of the molecule is CCC1(CC)CN(Cc2ncnn2C(C)C)C(C)CCN1. The maximum atomic E-state index is 4.49. The first kappa shape index (κ1) is 16.4. The molecule has 1 aliphatic heterocycles. The first-order valence-corrected chi connectivity index (χ1v) is 8.38. The molecule has 1 atom stereocenters. The average Bonchev–Trinajstić information content (AvgIpc) is 2.87. The zero-order valence-electron chi connectivity index (χ0n) is 14.3. The molecular formula is C16H31N5. The van der Waals surface area contributed by atoms with E-state index in [-0.39, 0.29) is 5.54 Å². The Balaban J connectivity index is 2.17. The lowest BCUT2D eigenvalue weighted by molar-refractivity contribution is 0.146. The van der Waals surface area contributed by atoms with Crippen LogP contribution in [0.2, 0.25) is 0 Å². The van der Waals surface area contributed by atoms with Gasteiger partial charge in [0.2, 0.25) is 0 Å². The Morgan fingerprint density at radius 2 is 2.10 bits per heavy atom. The first-order valence-electron chi connectivity index (χ1n) is 8.38. The number of nitrogens with zero attached hydrogens (tertiary/aromatic N) is 4. The van der Waals surface area contributed by atoms with Gasteiger partial charge in [0, 0.05) is 24.2 Å². The summed E-state index contributed by atoms with van der Waals surface area (Å²) in [6, 6.07) is 0.944. The molecule has 0 bridgehead atoms. The van der Waals surface area contributed by atoms with Gasteiger partial charge < -0.3 is 5.32 Å². The van der Waals surface area contributed by atoms with E-state index in [2.05, 4.69) is 54.9 Å². The van der Waals surface area contributed by atoms with E-state index < -0.39 is 0 Å². The third-order valence-electron chi connectivity index (χ3n) is 5.03. The Hall–Kier alpha value is -0.940. The van der Waals surface area contributed by atoms with Crippen molar-refractivity contribution < 1.29 is 0 Å². The molecule has 1 saturated heterocycles. The van der Waals surface area contributed by atoms with Crippen LogP contribution < -0.4 is 5.32 Å². The van der Waals surface area contributed by atoms with E-state index in [9.17, 15) is 0 Å². The van der Waals surface area contributed by atoms with E-state index in [1.54, 1.807) is 6.33 Å². The van der Waals surface area contributed by atoms with Crippen molar-refractivity contribution >= 4 is 0 Å². The Morgan fingerprint density at radius 3 is 2.71 bits per heavy atom. The summed E-state index contributed by atoms with van der Waals surface area (Å²) in [5.41, 5.74) is 0.243. The predicted molar refractivity (Wildman–Crippen MR) is 86.2 cm³/mol. The molecule has 0 aliphatic carbocycles. The van der Waals surface area contributed by atoms with Crippen molar-refractivity contribution in [2.75, 3.05) is 13.1 Å². The van der Waals surface area contributed by atoms with Crippen molar-refractivity contribution in [2.45, 2.75) is 78.0 Å². The maximum absolute atomic E-state index is 4.49. The zero-order chi connectivity index (χ0) is 15.5.